The van der Waals surface area contributed by atoms with Crippen LogP contribution in [-0.2, 0) is 9.53 Å². The molecule has 0 aliphatic rings. The molecule has 15 heavy (non-hydrogen) atoms. The van der Waals surface area contributed by atoms with Gasteiger partial charge in [0.15, 0.2) is 5.75 Å². The van der Waals surface area contributed by atoms with Gasteiger partial charge < -0.3 is 15.6 Å². The van der Waals surface area contributed by atoms with Crippen molar-refractivity contribution in [2.75, 3.05) is 12.8 Å². The molecule has 3 N–H and O–H groups in total. The Kier molecular flexibility index (Phi) is 3.42. The van der Waals surface area contributed by atoms with Crippen molar-refractivity contribution in [2.24, 2.45) is 0 Å². The molecule has 0 spiro atoms. The Labute approximate surface area is 92.6 Å². The smallest absolute Gasteiger partial charge is 0.312 e. The number of anilines is 1. The van der Waals surface area contributed by atoms with Crippen molar-refractivity contribution in [3.8, 4) is 5.75 Å². The van der Waals surface area contributed by atoms with Crippen molar-refractivity contribution in [2.45, 2.75) is 12.8 Å². The molecule has 0 saturated heterocycles. The number of nitrogens with two attached hydrogens (primary N) is 1. The van der Waals surface area contributed by atoms with Gasteiger partial charge in [-0.2, -0.15) is 0 Å². The summed E-state index contributed by atoms with van der Waals surface area (Å²) < 4.78 is 4.59. The molecule has 0 radical (unpaired) electrons. The van der Waals surface area contributed by atoms with E-state index in [1.807, 2.05) is 0 Å². The van der Waals surface area contributed by atoms with Gasteiger partial charge in [0.05, 0.1) is 23.7 Å². The van der Waals surface area contributed by atoms with Crippen molar-refractivity contribution < 1.29 is 14.6 Å². The lowest BCUT2D eigenvalue weighted by Crippen LogP contribution is -2.11. The number of hydrogen-bond acceptors (Lipinski definition) is 4. The fraction of sp³-hybridized carbons (Fsp3) is 0.300. The van der Waals surface area contributed by atoms with Crippen molar-refractivity contribution >= 4 is 23.3 Å². The maximum Gasteiger partial charge on any atom is 0.312 e. The number of nitrogen functional groups attached to an aromatic ring is 1. The highest BCUT2D eigenvalue weighted by molar-refractivity contribution is 6.32. The standard InChI is InChI=1S/C10H12ClNO3/c1-5(10(14)15-2)6-3-7(11)9(13)8(12)4-6/h3-5,13H,12H2,1-2H3. The first-order valence-corrected chi connectivity index (χ1v) is 4.71. The third-order valence-electron chi connectivity index (χ3n) is 2.17. The highest BCUT2D eigenvalue weighted by Crippen LogP contribution is 2.33. The fourth-order valence-corrected chi connectivity index (χ4v) is 1.44. The highest BCUT2D eigenvalue weighted by atomic mass is 35.5. The highest BCUT2D eigenvalue weighted by Gasteiger charge is 2.18. The van der Waals surface area contributed by atoms with E-state index in [1.165, 1.54) is 19.2 Å². The van der Waals surface area contributed by atoms with Gasteiger partial charge in [-0.05, 0) is 24.6 Å². The number of esters is 1. The number of phenols is 1. The largest absolute Gasteiger partial charge is 0.504 e. The predicted octanol–water partition coefficient (Wildman–Crippen LogP) is 1.90. The van der Waals surface area contributed by atoms with Crippen LogP contribution in [0.15, 0.2) is 12.1 Å². The molecule has 0 fully saturated rings. The van der Waals surface area contributed by atoms with Crippen LogP contribution in [0.4, 0.5) is 5.69 Å². The first-order valence-electron chi connectivity index (χ1n) is 4.33. The third kappa shape index (κ3) is 2.33. The van der Waals surface area contributed by atoms with Gasteiger partial charge in [0, 0.05) is 0 Å². The van der Waals surface area contributed by atoms with Crippen molar-refractivity contribution in [1.82, 2.24) is 0 Å². The summed E-state index contributed by atoms with van der Waals surface area (Å²) in [5, 5.41) is 9.46. The minimum Gasteiger partial charge on any atom is -0.504 e. The minimum atomic E-state index is -0.463. The number of carbonyl (C=O) groups is 1. The monoisotopic (exact) mass is 229 g/mol. The maximum atomic E-state index is 11.3. The average Bonchev–Trinajstić information content (AvgIpc) is 2.23. The van der Waals surface area contributed by atoms with Crippen LogP contribution in [0.2, 0.25) is 5.02 Å². The summed E-state index contributed by atoms with van der Waals surface area (Å²) >= 11 is 5.73. The van der Waals surface area contributed by atoms with E-state index in [2.05, 4.69) is 4.74 Å². The summed E-state index contributed by atoms with van der Waals surface area (Å²) in [6, 6.07) is 3.00. The van der Waals surface area contributed by atoms with Gasteiger partial charge in [0.2, 0.25) is 0 Å². The lowest BCUT2D eigenvalue weighted by molar-refractivity contribution is -0.141. The molecule has 0 bridgehead atoms. The molecule has 1 atom stereocenters. The van der Waals surface area contributed by atoms with Crippen molar-refractivity contribution in [3.63, 3.8) is 0 Å². The minimum absolute atomic E-state index is 0.126. The zero-order valence-corrected chi connectivity index (χ0v) is 9.21. The summed E-state index contributed by atoms with van der Waals surface area (Å²) in [5.41, 5.74) is 6.27. The van der Waals surface area contributed by atoms with Crippen LogP contribution in [0.25, 0.3) is 0 Å². The zero-order valence-electron chi connectivity index (χ0n) is 8.45. The summed E-state index contributed by atoms with van der Waals surface area (Å²) in [4.78, 5) is 11.3. The van der Waals surface area contributed by atoms with Crippen LogP contribution in [0.3, 0.4) is 0 Å². The number of benzene rings is 1. The average molecular weight is 230 g/mol. The Hall–Kier alpha value is -1.42. The van der Waals surface area contributed by atoms with Gasteiger partial charge in [0.1, 0.15) is 0 Å². The summed E-state index contributed by atoms with van der Waals surface area (Å²) in [6.45, 7) is 1.67. The van der Waals surface area contributed by atoms with Gasteiger partial charge in [-0.15, -0.1) is 0 Å². The molecule has 0 aliphatic carbocycles. The van der Waals surface area contributed by atoms with E-state index in [0.29, 0.717) is 5.56 Å². The Morgan fingerprint density at radius 1 is 1.60 bits per heavy atom. The van der Waals surface area contributed by atoms with Crippen LogP contribution in [0, 0.1) is 0 Å². The first kappa shape index (κ1) is 11.7. The second-order valence-electron chi connectivity index (χ2n) is 3.19. The number of hydrogen-bond donors (Lipinski definition) is 2. The molecule has 5 heteroatoms. The van der Waals surface area contributed by atoms with Gasteiger partial charge in [-0.1, -0.05) is 11.6 Å². The quantitative estimate of drug-likeness (QED) is 0.462. The number of ether oxygens (including phenoxy) is 1. The topological polar surface area (TPSA) is 72.5 Å². The molecular weight excluding hydrogens is 218 g/mol. The van der Waals surface area contributed by atoms with E-state index in [4.69, 9.17) is 17.3 Å². The lowest BCUT2D eigenvalue weighted by atomic mass is 10.0. The van der Waals surface area contributed by atoms with Gasteiger partial charge in [-0.3, -0.25) is 4.79 Å². The molecule has 1 aromatic rings. The van der Waals surface area contributed by atoms with E-state index in [9.17, 15) is 9.90 Å². The normalized spacial score (nSPS) is 12.2. The number of rotatable bonds is 2. The van der Waals surface area contributed by atoms with E-state index in [0.717, 1.165) is 0 Å². The number of methoxy groups -OCH3 is 1. The van der Waals surface area contributed by atoms with Crippen LogP contribution in [-0.4, -0.2) is 18.2 Å². The Balaban J connectivity index is 3.11. The Bertz CT molecular complexity index is 369. The van der Waals surface area contributed by atoms with Crippen molar-refractivity contribution in [3.05, 3.63) is 22.7 Å². The van der Waals surface area contributed by atoms with Gasteiger partial charge in [0.25, 0.3) is 0 Å². The molecule has 4 nitrogen and oxygen atoms in total. The number of phenolic OH excluding ortho intramolecular Hbond substituents is 1. The predicted molar refractivity (Wildman–Crippen MR) is 58.0 cm³/mol. The SMILES string of the molecule is COC(=O)C(C)c1cc(N)c(O)c(Cl)c1. The molecule has 0 amide bonds. The molecular formula is C10H12ClNO3. The summed E-state index contributed by atoms with van der Waals surface area (Å²) in [7, 11) is 1.31. The van der Waals surface area contributed by atoms with Crippen LogP contribution >= 0.6 is 11.6 Å². The Morgan fingerprint density at radius 3 is 2.67 bits per heavy atom. The molecule has 0 aliphatic heterocycles. The number of aromatic hydroxyl groups is 1. The van der Waals surface area contributed by atoms with E-state index >= 15 is 0 Å². The number of carbonyl (C=O) groups excluding carboxylic acids is 1. The van der Waals surface area contributed by atoms with Crippen LogP contribution in [0.1, 0.15) is 18.4 Å². The Morgan fingerprint density at radius 2 is 2.20 bits per heavy atom. The van der Waals surface area contributed by atoms with Crippen LogP contribution in [0.5, 0.6) is 5.75 Å². The first-order chi connectivity index (χ1) is 6.97. The zero-order chi connectivity index (χ0) is 11.6. The lowest BCUT2D eigenvalue weighted by Gasteiger charge is -2.11. The second kappa shape index (κ2) is 4.40. The van der Waals surface area contributed by atoms with E-state index < -0.39 is 5.92 Å². The van der Waals surface area contributed by atoms with E-state index in [-0.39, 0.29) is 22.4 Å². The summed E-state index contributed by atoms with van der Waals surface area (Å²) in [6.07, 6.45) is 0. The van der Waals surface area contributed by atoms with Gasteiger partial charge in [-0.25, -0.2) is 0 Å². The molecule has 1 aromatic carbocycles. The van der Waals surface area contributed by atoms with E-state index in [1.54, 1.807) is 6.92 Å². The van der Waals surface area contributed by atoms with Crippen molar-refractivity contribution in [1.29, 1.82) is 0 Å². The second-order valence-corrected chi connectivity index (χ2v) is 3.59. The molecule has 0 saturated carbocycles. The third-order valence-corrected chi connectivity index (χ3v) is 2.46. The molecule has 82 valence electrons. The number of halogens is 1. The molecule has 0 heterocycles. The molecule has 1 rings (SSSR count). The molecule has 0 aromatic heterocycles. The van der Waals surface area contributed by atoms with Gasteiger partial charge >= 0.3 is 5.97 Å². The summed E-state index contributed by atoms with van der Waals surface area (Å²) in [5.74, 6) is -1.01. The molecule has 1 unspecified atom stereocenters. The fourth-order valence-electron chi connectivity index (χ4n) is 1.21. The van der Waals surface area contributed by atoms with Crippen LogP contribution < -0.4 is 5.73 Å². The maximum absolute atomic E-state index is 11.3.